The van der Waals surface area contributed by atoms with Gasteiger partial charge in [-0.1, -0.05) is 18.3 Å². The van der Waals surface area contributed by atoms with Crippen molar-refractivity contribution in [1.29, 1.82) is 0 Å². The van der Waals surface area contributed by atoms with Crippen molar-refractivity contribution in [1.82, 2.24) is 19.7 Å². The second-order valence-electron chi connectivity index (χ2n) is 3.93. The lowest BCUT2D eigenvalue weighted by Gasteiger charge is -2.05. The molecule has 92 valence electrons. The van der Waals surface area contributed by atoms with Crippen LogP contribution in [0.15, 0.2) is 0 Å². The lowest BCUT2D eigenvalue weighted by molar-refractivity contribution is 0.900. The van der Waals surface area contributed by atoms with Crippen molar-refractivity contribution < 1.29 is 0 Å². The third kappa shape index (κ3) is 2.12. The fourth-order valence-corrected chi connectivity index (χ4v) is 2.73. The van der Waals surface area contributed by atoms with Gasteiger partial charge in [0.25, 0.3) is 0 Å². The highest BCUT2D eigenvalue weighted by Crippen LogP contribution is 2.33. The smallest absolute Gasteiger partial charge is 0.195 e. The predicted octanol–water partition coefficient (Wildman–Crippen LogP) is 2.23. The topological polar surface area (TPSA) is 49.7 Å². The number of aryl methyl sites for hydroxylation is 1. The number of aromatic nitrogens is 4. The molecular weight excluding hydrogens is 254 g/mol. The average Bonchev–Trinajstić information content (AvgIpc) is 2.84. The molecule has 2 aromatic rings. The minimum Gasteiger partial charge on any atom is -0.354 e. The van der Waals surface area contributed by atoms with Crippen LogP contribution in [0.4, 0.5) is 5.13 Å². The minimum atomic E-state index is 0.627. The molecular formula is C10H15N5S2. The van der Waals surface area contributed by atoms with E-state index in [2.05, 4.69) is 22.1 Å². The molecule has 0 saturated heterocycles. The molecule has 0 aliphatic rings. The summed E-state index contributed by atoms with van der Waals surface area (Å²) >= 11 is 6.77. The third-order valence-electron chi connectivity index (χ3n) is 2.49. The summed E-state index contributed by atoms with van der Waals surface area (Å²) in [5.41, 5.74) is 1.07. The van der Waals surface area contributed by atoms with Gasteiger partial charge in [0.1, 0.15) is 0 Å². The maximum atomic E-state index is 5.13. The van der Waals surface area contributed by atoms with Crippen LogP contribution in [0.5, 0.6) is 0 Å². The fraction of sp³-hybridized carbons (Fsp3) is 0.500. The Morgan fingerprint density at radius 3 is 2.65 bits per heavy atom. The van der Waals surface area contributed by atoms with Crippen LogP contribution in [0.25, 0.3) is 10.7 Å². The van der Waals surface area contributed by atoms with Crippen molar-refractivity contribution >= 4 is 28.7 Å². The van der Waals surface area contributed by atoms with E-state index in [4.69, 9.17) is 12.2 Å². The van der Waals surface area contributed by atoms with E-state index < -0.39 is 0 Å². The summed E-state index contributed by atoms with van der Waals surface area (Å²) in [6, 6.07) is 0. The Kier molecular flexibility index (Phi) is 3.30. The van der Waals surface area contributed by atoms with Crippen LogP contribution in [-0.2, 0) is 13.5 Å². The first-order valence-corrected chi connectivity index (χ1v) is 6.55. The summed E-state index contributed by atoms with van der Waals surface area (Å²) in [6.07, 6.45) is 0.888. The van der Waals surface area contributed by atoms with Crippen LogP contribution in [0, 0.1) is 4.77 Å². The van der Waals surface area contributed by atoms with Gasteiger partial charge in [-0.2, -0.15) is 5.10 Å². The summed E-state index contributed by atoms with van der Waals surface area (Å²) in [6.45, 7) is 2.10. The number of rotatable bonds is 3. The van der Waals surface area contributed by atoms with E-state index in [9.17, 15) is 0 Å². The molecule has 0 aromatic carbocycles. The molecule has 0 saturated carbocycles. The molecule has 0 spiro atoms. The number of hydrogen-bond donors (Lipinski definition) is 1. The standard InChI is InChI=1S/C10H15N5S2/c1-5-6-7(17-10(11-6)14(2)3)8-12-13-9(16)15(8)4/h5H2,1-4H3,(H,13,16). The van der Waals surface area contributed by atoms with Crippen molar-refractivity contribution in [2.24, 2.45) is 7.05 Å². The molecule has 0 aliphatic heterocycles. The number of aromatic amines is 1. The first-order chi connectivity index (χ1) is 8.04. The molecule has 2 aromatic heterocycles. The molecule has 0 atom stereocenters. The van der Waals surface area contributed by atoms with Gasteiger partial charge in [-0.15, -0.1) is 0 Å². The summed E-state index contributed by atoms with van der Waals surface area (Å²) in [5.74, 6) is 0.859. The molecule has 7 heteroatoms. The summed E-state index contributed by atoms with van der Waals surface area (Å²) in [4.78, 5) is 7.70. The summed E-state index contributed by atoms with van der Waals surface area (Å²) in [5, 5.41) is 8.06. The highest BCUT2D eigenvalue weighted by molar-refractivity contribution is 7.71. The van der Waals surface area contributed by atoms with Crippen molar-refractivity contribution in [2.45, 2.75) is 13.3 Å². The predicted molar refractivity (Wildman–Crippen MR) is 73.2 cm³/mol. The molecule has 2 rings (SSSR count). The Hall–Kier alpha value is -1.21. The van der Waals surface area contributed by atoms with E-state index >= 15 is 0 Å². The van der Waals surface area contributed by atoms with Gasteiger partial charge in [-0.3, -0.25) is 5.10 Å². The number of H-pyrrole nitrogens is 1. The van der Waals surface area contributed by atoms with Crippen LogP contribution in [0.3, 0.4) is 0 Å². The first-order valence-electron chi connectivity index (χ1n) is 5.33. The van der Waals surface area contributed by atoms with Crippen LogP contribution >= 0.6 is 23.6 Å². The van der Waals surface area contributed by atoms with Gasteiger partial charge < -0.3 is 9.47 Å². The van der Waals surface area contributed by atoms with Crippen LogP contribution < -0.4 is 4.90 Å². The van der Waals surface area contributed by atoms with Gasteiger partial charge in [-0.25, -0.2) is 4.98 Å². The minimum absolute atomic E-state index is 0.627. The maximum absolute atomic E-state index is 5.13. The number of thiazole rings is 1. The fourth-order valence-electron chi connectivity index (χ4n) is 1.49. The number of nitrogens with one attached hydrogen (secondary N) is 1. The summed E-state index contributed by atoms with van der Waals surface area (Å²) in [7, 11) is 5.89. The van der Waals surface area contributed by atoms with Crippen molar-refractivity contribution in [2.75, 3.05) is 19.0 Å². The van der Waals surface area contributed by atoms with Crippen LogP contribution in [0.1, 0.15) is 12.6 Å². The zero-order valence-electron chi connectivity index (χ0n) is 10.3. The van der Waals surface area contributed by atoms with Gasteiger partial charge >= 0.3 is 0 Å². The van der Waals surface area contributed by atoms with Gasteiger partial charge in [0.2, 0.25) is 0 Å². The van der Waals surface area contributed by atoms with E-state index in [1.807, 2.05) is 30.6 Å². The van der Waals surface area contributed by atoms with E-state index in [0.717, 1.165) is 27.9 Å². The van der Waals surface area contributed by atoms with Crippen molar-refractivity contribution in [3.05, 3.63) is 10.5 Å². The molecule has 17 heavy (non-hydrogen) atoms. The molecule has 1 N–H and O–H groups in total. The van der Waals surface area contributed by atoms with Crippen molar-refractivity contribution in [3.63, 3.8) is 0 Å². The average molecular weight is 269 g/mol. The van der Waals surface area contributed by atoms with E-state index in [-0.39, 0.29) is 0 Å². The van der Waals surface area contributed by atoms with Crippen LogP contribution in [0.2, 0.25) is 0 Å². The number of hydrogen-bond acceptors (Lipinski definition) is 5. The van der Waals surface area contributed by atoms with Gasteiger partial charge in [-0.05, 0) is 18.6 Å². The highest BCUT2D eigenvalue weighted by atomic mass is 32.1. The van der Waals surface area contributed by atoms with E-state index in [1.54, 1.807) is 11.3 Å². The second kappa shape index (κ2) is 4.58. The Labute approximate surface area is 109 Å². The van der Waals surface area contributed by atoms with Gasteiger partial charge in [0.05, 0.1) is 10.6 Å². The highest BCUT2D eigenvalue weighted by Gasteiger charge is 2.16. The van der Waals surface area contributed by atoms with Gasteiger partial charge in [0, 0.05) is 21.1 Å². The van der Waals surface area contributed by atoms with E-state index in [1.165, 1.54) is 0 Å². The normalized spacial score (nSPS) is 10.8. The monoisotopic (exact) mass is 269 g/mol. The Balaban J connectivity index is 2.58. The van der Waals surface area contributed by atoms with Gasteiger partial charge in [0.15, 0.2) is 15.7 Å². The second-order valence-corrected chi connectivity index (χ2v) is 5.30. The Morgan fingerprint density at radius 2 is 2.18 bits per heavy atom. The number of nitrogens with zero attached hydrogens (tertiary/aromatic N) is 4. The Bertz CT molecular complexity index is 578. The summed E-state index contributed by atoms with van der Waals surface area (Å²) < 4.78 is 2.50. The third-order valence-corrected chi connectivity index (χ3v) is 4.11. The maximum Gasteiger partial charge on any atom is 0.195 e. The quantitative estimate of drug-likeness (QED) is 0.868. The molecule has 5 nitrogen and oxygen atoms in total. The zero-order valence-corrected chi connectivity index (χ0v) is 11.9. The molecule has 0 aliphatic carbocycles. The van der Waals surface area contributed by atoms with Crippen LogP contribution in [-0.4, -0.2) is 33.8 Å². The zero-order chi connectivity index (χ0) is 12.6. The van der Waals surface area contributed by atoms with Crippen molar-refractivity contribution in [3.8, 4) is 10.7 Å². The lowest BCUT2D eigenvalue weighted by atomic mass is 10.3. The molecule has 0 amide bonds. The molecule has 0 radical (unpaired) electrons. The number of anilines is 1. The lowest BCUT2D eigenvalue weighted by Crippen LogP contribution is -2.07. The molecule has 0 bridgehead atoms. The molecule has 2 heterocycles. The molecule has 0 fully saturated rings. The SMILES string of the molecule is CCc1nc(N(C)C)sc1-c1n[nH]c(=S)n1C. The Morgan fingerprint density at radius 1 is 1.47 bits per heavy atom. The molecule has 0 unspecified atom stereocenters. The first kappa shape index (κ1) is 12.3. The largest absolute Gasteiger partial charge is 0.354 e. The van der Waals surface area contributed by atoms with E-state index in [0.29, 0.717) is 4.77 Å².